The molecule has 1 fully saturated rings. The molecule has 6 nitrogen and oxygen atoms in total. The molecule has 7 heteroatoms. The molecule has 0 bridgehead atoms. The lowest BCUT2D eigenvalue weighted by Crippen LogP contribution is -2.51. The van der Waals surface area contributed by atoms with E-state index in [1.165, 1.54) is 5.69 Å². The average molecular weight is 531 g/mol. The molecule has 1 saturated heterocycles. The Bertz CT molecular complexity index is 945. The van der Waals surface area contributed by atoms with Gasteiger partial charge in [0.05, 0.1) is 6.54 Å². The molecule has 3 aromatic rings. The zero-order valence-corrected chi connectivity index (χ0v) is 20.2. The van der Waals surface area contributed by atoms with E-state index in [2.05, 4.69) is 57.8 Å². The number of piperidine rings is 1. The molecule has 0 radical (unpaired) electrons. The quantitative estimate of drug-likeness (QED) is 0.275. The number of para-hydroxylation sites is 1. The van der Waals surface area contributed by atoms with Crippen LogP contribution in [-0.4, -0.2) is 36.6 Å². The van der Waals surface area contributed by atoms with E-state index >= 15 is 0 Å². The van der Waals surface area contributed by atoms with Crippen molar-refractivity contribution < 1.29 is 4.42 Å². The molecule has 1 atom stereocenters. The van der Waals surface area contributed by atoms with Crippen molar-refractivity contribution in [2.75, 3.05) is 24.5 Å². The largest absolute Gasteiger partial charge is 0.444 e. The molecule has 0 saturated carbocycles. The van der Waals surface area contributed by atoms with Gasteiger partial charge in [-0.1, -0.05) is 36.4 Å². The minimum atomic E-state index is 0. The number of hydrogen-bond donors (Lipinski definition) is 2. The molecule has 1 aliphatic rings. The summed E-state index contributed by atoms with van der Waals surface area (Å²) >= 11 is 0. The van der Waals surface area contributed by atoms with Gasteiger partial charge in [0.25, 0.3) is 0 Å². The summed E-state index contributed by atoms with van der Waals surface area (Å²) in [5, 5.41) is 6.96. The van der Waals surface area contributed by atoms with Crippen LogP contribution in [0.3, 0.4) is 0 Å². The lowest BCUT2D eigenvalue weighted by molar-refractivity contribution is 0.468. The lowest BCUT2D eigenvalue weighted by atomic mass is 10.1. The van der Waals surface area contributed by atoms with Crippen LogP contribution in [-0.2, 0) is 6.54 Å². The predicted octanol–water partition coefficient (Wildman–Crippen LogP) is 4.68. The zero-order valence-electron chi connectivity index (χ0n) is 17.8. The summed E-state index contributed by atoms with van der Waals surface area (Å²) < 4.78 is 5.63. The van der Waals surface area contributed by atoms with Gasteiger partial charge in [-0.25, -0.2) is 9.98 Å². The summed E-state index contributed by atoms with van der Waals surface area (Å²) in [4.78, 5) is 11.7. The van der Waals surface area contributed by atoms with Crippen LogP contribution >= 0.6 is 24.0 Å². The van der Waals surface area contributed by atoms with Crippen molar-refractivity contribution in [3.8, 4) is 11.5 Å². The Morgan fingerprint density at radius 2 is 1.87 bits per heavy atom. The van der Waals surface area contributed by atoms with E-state index in [9.17, 15) is 0 Å². The van der Waals surface area contributed by atoms with Crippen molar-refractivity contribution in [1.29, 1.82) is 0 Å². The summed E-state index contributed by atoms with van der Waals surface area (Å²) in [5.74, 6) is 1.45. The molecule has 31 heavy (non-hydrogen) atoms. The number of nitrogens with zero attached hydrogens (tertiary/aromatic N) is 3. The molecular formula is C24H30IN5O. The lowest BCUT2D eigenvalue weighted by Gasteiger charge is -2.35. The van der Waals surface area contributed by atoms with E-state index in [-0.39, 0.29) is 24.0 Å². The number of aliphatic imine (C=N–C) groups is 1. The van der Waals surface area contributed by atoms with Crippen LogP contribution in [0.15, 0.2) is 76.3 Å². The molecule has 164 valence electrons. The van der Waals surface area contributed by atoms with Crippen LogP contribution in [0, 0.1) is 0 Å². The number of guanidine groups is 1. The van der Waals surface area contributed by atoms with Crippen LogP contribution in [0.25, 0.3) is 11.5 Å². The van der Waals surface area contributed by atoms with Crippen molar-refractivity contribution in [3.63, 3.8) is 0 Å². The molecule has 1 aromatic heterocycles. The maximum Gasteiger partial charge on any atom is 0.226 e. The van der Waals surface area contributed by atoms with E-state index < -0.39 is 0 Å². The van der Waals surface area contributed by atoms with Crippen molar-refractivity contribution >= 4 is 35.6 Å². The van der Waals surface area contributed by atoms with E-state index in [0.29, 0.717) is 18.5 Å². The Kier molecular flexibility index (Phi) is 8.75. The molecule has 1 unspecified atom stereocenters. The Morgan fingerprint density at radius 3 is 2.61 bits per heavy atom. The van der Waals surface area contributed by atoms with Crippen LogP contribution in [0.5, 0.6) is 0 Å². The smallest absolute Gasteiger partial charge is 0.226 e. The van der Waals surface area contributed by atoms with Crippen molar-refractivity contribution in [3.05, 3.63) is 72.6 Å². The maximum absolute atomic E-state index is 5.63. The van der Waals surface area contributed by atoms with Gasteiger partial charge in [-0.3, -0.25) is 0 Å². The van der Waals surface area contributed by atoms with E-state index in [0.717, 1.165) is 49.7 Å². The highest BCUT2D eigenvalue weighted by molar-refractivity contribution is 14.0. The minimum absolute atomic E-state index is 0. The van der Waals surface area contributed by atoms with Gasteiger partial charge in [-0.15, -0.1) is 24.0 Å². The van der Waals surface area contributed by atoms with Gasteiger partial charge in [-0.2, -0.15) is 0 Å². The number of anilines is 1. The van der Waals surface area contributed by atoms with Crippen molar-refractivity contribution in [2.24, 2.45) is 4.99 Å². The number of oxazole rings is 1. The molecule has 2 aromatic carbocycles. The van der Waals surface area contributed by atoms with Crippen molar-refractivity contribution in [1.82, 2.24) is 15.6 Å². The molecule has 2 heterocycles. The fraction of sp³-hybridized carbons (Fsp3) is 0.333. The first kappa shape index (κ1) is 23.1. The Hall–Kier alpha value is -2.55. The van der Waals surface area contributed by atoms with Crippen LogP contribution in [0.2, 0.25) is 0 Å². The second kappa shape index (κ2) is 11.7. The number of benzene rings is 2. The van der Waals surface area contributed by atoms with Gasteiger partial charge >= 0.3 is 0 Å². The Balaban J connectivity index is 0.00000272. The monoisotopic (exact) mass is 531 g/mol. The number of hydrogen-bond acceptors (Lipinski definition) is 4. The molecule has 0 amide bonds. The Morgan fingerprint density at radius 1 is 1.13 bits per heavy atom. The average Bonchev–Trinajstić information content (AvgIpc) is 3.28. The van der Waals surface area contributed by atoms with Gasteiger partial charge in [0, 0.05) is 36.9 Å². The summed E-state index contributed by atoms with van der Waals surface area (Å²) in [6, 6.07) is 20.9. The van der Waals surface area contributed by atoms with Gasteiger partial charge in [-0.05, 0) is 44.0 Å². The highest BCUT2D eigenvalue weighted by Crippen LogP contribution is 2.20. The fourth-order valence-corrected chi connectivity index (χ4v) is 3.73. The van der Waals surface area contributed by atoms with E-state index in [1.54, 1.807) is 6.26 Å². The summed E-state index contributed by atoms with van der Waals surface area (Å²) in [5.41, 5.74) is 3.07. The van der Waals surface area contributed by atoms with E-state index in [1.807, 2.05) is 30.3 Å². The van der Waals surface area contributed by atoms with Gasteiger partial charge < -0.3 is 20.0 Å². The highest BCUT2D eigenvalue weighted by Gasteiger charge is 2.21. The van der Waals surface area contributed by atoms with Crippen LogP contribution in [0.4, 0.5) is 5.69 Å². The molecule has 4 rings (SSSR count). The third-order valence-corrected chi connectivity index (χ3v) is 5.20. The molecule has 1 aliphatic heterocycles. The number of halogens is 1. The summed E-state index contributed by atoms with van der Waals surface area (Å²) in [7, 11) is 0. The highest BCUT2D eigenvalue weighted by atomic mass is 127. The zero-order chi connectivity index (χ0) is 20.6. The topological polar surface area (TPSA) is 65.7 Å². The third kappa shape index (κ3) is 6.46. The first-order valence-corrected chi connectivity index (χ1v) is 10.7. The fourth-order valence-electron chi connectivity index (χ4n) is 3.73. The van der Waals surface area contributed by atoms with Crippen LogP contribution in [0.1, 0.15) is 25.5 Å². The van der Waals surface area contributed by atoms with Crippen molar-refractivity contribution in [2.45, 2.75) is 32.4 Å². The second-order valence-electron chi connectivity index (χ2n) is 7.47. The first-order chi connectivity index (χ1) is 14.8. The van der Waals surface area contributed by atoms with Crippen LogP contribution < -0.4 is 15.5 Å². The Labute approximate surface area is 201 Å². The third-order valence-electron chi connectivity index (χ3n) is 5.20. The molecule has 2 N–H and O–H groups in total. The molecular weight excluding hydrogens is 501 g/mol. The normalized spacial score (nSPS) is 16.5. The molecule has 0 spiro atoms. The second-order valence-corrected chi connectivity index (χ2v) is 7.47. The van der Waals surface area contributed by atoms with Gasteiger partial charge in [0.15, 0.2) is 5.96 Å². The minimum Gasteiger partial charge on any atom is -0.444 e. The first-order valence-electron chi connectivity index (χ1n) is 10.7. The number of nitrogens with one attached hydrogen (secondary N) is 2. The molecule has 0 aliphatic carbocycles. The van der Waals surface area contributed by atoms with Gasteiger partial charge in [0.1, 0.15) is 12.0 Å². The number of aromatic nitrogens is 1. The SMILES string of the molecule is CCNC(=NCc1coc(-c2ccccc2)n1)NC1CCCN(c2ccccc2)C1.I. The van der Waals surface area contributed by atoms with Gasteiger partial charge in [0.2, 0.25) is 5.89 Å². The predicted molar refractivity (Wildman–Crippen MR) is 137 cm³/mol. The van der Waals surface area contributed by atoms with E-state index in [4.69, 9.17) is 9.41 Å². The summed E-state index contributed by atoms with van der Waals surface area (Å²) in [6.07, 6.45) is 3.98. The summed E-state index contributed by atoms with van der Waals surface area (Å²) in [6.45, 7) is 5.43. The maximum atomic E-state index is 5.63. The standard InChI is InChI=1S/C24H29N5O.HI/c1-2-25-24(26-16-21-18-30-23(27-21)19-10-5-3-6-11-19)28-20-12-9-15-29(17-20)22-13-7-4-8-14-22;/h3-8,10-11,13-14,18,20H,2,9,12,15-17H2,1H3,(H2,25,26,28);1H. The number of rotatable bonds is 6.